The molecule has 0 heterocycles. The fraction of sp³-hybridized carbons (Fsp3) is 0.182. The van der Waals surface area contributed by atoms with Crippen molar-refractivity contribution in [1.82, 2.24) is 0 Å². The monoisotopic (exact) mass is 272 g/mol. The van der Waals surface area contributed by atoms with Crippen LogP contribution in [0.2, 0.25) is 0 Å². The summed E-state index contributed by atoms with van der Waals surface area (Å²) in [6.45, 7) is 0. The summed E-state index contributed by atoms with van der Waals surface area (Å²) < 4.78 is 18.4. The Labute approximate surface area is 95.9 Å². The highest BCUT2D eigenvalue weighted by Gasteiger charge is 1.99. The van der Waals surface area contributed by atoms with E-state index in [2.05, 4.69) is 20.7 Å². The smallest absolute Gasteiger partial charge is 0.309 e. The van der Waals surface area contributed by atoms with Gasteiger partial charge in [-0.2, -0.15) is 0 Å². The molecule has 1 rings (SSSR count). The molecule has 80 valence electrons. The molecule has 1 aromatic carbocycles. The van der Waals surface area contributed by atoms with Crippen molar-refractivity contribution in [2.45, 2.75) is 6.42 Å². The lowest BCUT2D eigenvalue weighted by molar-refractivity contribution is -0.139. The van der Waals surface area contributed by atoms with Crippen LogP contribution in [0.25, 0.3) is 6.08 Å². The predicted octanol–water partition coefficient (Wildman–Crippen LogP) is 3.16. The lowest BCUT2D eigenvalue weighted by Gasteiger charge is -1.97. The Kier molecular flexibility index (Phi) is 4.49. The molecule has 4 heteroatoms. The molecule has 0 atom stereocenters. The number of rotatable bonds is 3. The average Bonchev–Trinajstić information content (AvgIpc) is 2.23. The first-order valence-electron chi connectivity index (χ1n) is 4.32. The molecule has 0 saturated carbocycles. The number of carbonyl (C=O) groups excluding carboxylic acids is 1. The van der Waals surface area contributed by atoms with Gasteiger partial charge in [0.2, 0.25) is 0 Å². The standard InChI is InChI=1S/C11H10BrFO2/c1-15-11(14)4-2-3-8-7-9(12)5-6-10(8)13/h2-3,5-7H,4H2,1H3. The first-order valence-corrected chi connectivity index (χ1v) is 5.11. The molecule has 0 N–H and O–H groups in total. The Hall–Kier alpha value is -1.16. The first kappa shape index (κ1) is 11.9. The van der Waals surface area contributed by atoms with E-state index in [1.165, 1.54) is 13.2 Å². The SMILES string of the molecule is COC(=O)CC=Cc1cc(Br)ccc1F. The molecule has 0 unspecified atom stereocenters. The van der Waals surface area contributed by atoms with Crippen LogP contribution in [0.4, 0.5) is 4.39 Å². The number of hydrogen-bond acceptors (Lipinski definition) is 2. The third-order valence-electron chi connectivity index (χ3n) is 1.77. The van der Waals surface area contributed by atoms with E-state index >= 15 is 0 Å². The zero-order valence-electron chi connectivity index (χ0n) is 8.17. The third-order valence-corrected chi connectivity index (χ3v) is 2.26. The summed E-state index contributed by atoms with van der Waals surface area (Å²) in [5.41, 5.74) is 0.438. The number of ether oxygens (including phenoxy) is 1. The minimum atomic E-state index is -0.346. The molecule has 0 fully saturated rings. The van der Waals surface area contributed by atoms with E-state index in [0.717, 1.165) is 4.47 Å². The van der Waals surface area contributed by atoms with Crippen LogP contribution in [0.3, 0.4) is 0 Å². The van der Waals surface area contributed by atoms with Gasteiger partial charge in [-0.15, -0.1) is 0 Å². The van der Waals surface area contributed by atoms with Crippen molar-refractivity contribution in [2.75, 3.05) is 7.11 Å². The highest BCUT2D eigenvalue weighted by atomic mass is 79.9. The summed E-state index contributed by atoms with van der Waals surface area (Å²) in [5, 5.41) is 0. The highest BCUT2D eigenvalue weighted by Crippen LogP contribution is 2.16. The number of benzene rings is 1. The molecule has 15 heavy (non-hydrogen) atoms. The van der Waals surface area contributed by atoms with E-state index in [9.17, 15) is 9.18 Å². The van der Waals surface area contributed by atoms with Gasteiger partial charge in [0.25, 0.3) is 0 Å². The number of methoxy groups -OCH3 is 1. The maximum Gasteiger partial charge on any atom is 0.309 e. The maximum atomic E-state index is 13.2. The largest absolute Gasteiger partial charge is 0.469 e. The number of carbonyl (C=O) groups is 1. The normalized spacial score (nSPS) is 10.6. The maximum absolute atomic E-state index is 13.2. The topological polar surface area (TPSA) is 26.3 Å². The van der Waals surface area contributed by atoms with Crippen LogP contribution in [0.5, 0.6) is 0 Å². The summed E-state index contributed by atoms with van der Waals surface area (Å²) in [7, 11) is 1.32. The van der Waals surface area contributed by atoms with Gasteiger partial charge >= 0.3 is 5.97 Å². The zero-order valence-corrected chi connectivity index (χ0v) is 9.75. The molecule has 0 bridgehead atoms. The lowest BCUT2D eigenvalue weighted by atomic mass is 10.2. The molecule has 0 spiro atoms. The highest BCUT2D eigenvalue weighted by molar-refractivity contribution is 9.10. The quantitative estimate of drug-likeness (QED) is 0.791. The molecule has 0 aliphatic heterocycles. The van der Waals surface area contributed by atoms with Gasteiger partial charge in [0.1, 0.15) is 5.82 Å². The van der Waals surface area contributed by atoms with E-state index in [-0.39, 0.29) is 18.2 Å². The van der Waals surface area contributed by atoms with Gasteiger partial charge in [-0.05, 0) is 18.2 Å². The predicted molar refractivity (Wildman–Crippen MR) is 59.8 cm³/mol. The van der Waals surface area contributed by atoms with Crippen LogP contribution in [-0.4, -0.2) is 13.1 Å². The molecular formula is C11H10BrFO2. The Morgan fingerprint density at radius 2 is 2.33 bits per heavy atom. The minimum absolute atomic E-state index is 0.141. The van der Waals surface area contributed by atoms with Gasteiger partial charge in [0, 0.05) is 10.0 Å². The summed E-state index contributed by atoms with van der Waals surface area (Å²) in [6, 6.07) is 4.62. The van der Waals surface area contributed by atoms with E-state index in [0.29, 0.717) is 5.56 Å². The molecule has 0 aliphatic rings. The van der Waals surface area contributed by atoms with Crippen molar-refractivity contribution in [1.29, 1.82) is 0 Å². The van der Waals surface area contributed by atoms with Crippen molar-refractivity contribution < 1.29 is 13.9 Å². The fourth-order valence-electron chi connectivity index (χ4n) is 1.01. The van der Waals surface area contributed by atoms with E-state index in [4.69, 9.17) is 0 Å². The molecule has 0 saturated heterocycles. The van der Waals surface area contributed by atoms with Crippen LogP contribution in [0.1, 0.15) is 12.0 Å². The van der Waals surface area contributed by atoms with Crippen LogP contribution < -0.4 is 0 Å². The Bertz CT molecular complexity index is 388. The van der Waals surface area contributed by atoms with Crippen molar-refractivity contribution in [2.24, 2.45) is 0 Å². The van der Waals surface area contributed by atoms with Gasteiger partial charge < -0.3 is 4.74 Å². The summed E-state index contributed by atoms with van der Waals surface area (Å²) in [5.74, 6) is -0.666. The third kappa shape index (κ3) is 3.83. The summed E-state index contributed by atoms with van der Waals surface area (Å²) in [4.78, 5) is 10.8. The van der Waals surface area contributed by atoms with Gasteiger partial charge in [-0.3, -0.25) is 4.79 Å². The van der Waals surface area contributed by atoms with Gasteiger partial charge in [0.15, 0.2) is 0 Å². The lowest BCUT2D eigenvalue weighted by Crippen LogP contribution is -1.96. The summed E-state index contributed by atoms with van der Waals surface area (Å²) in [6.07, 6.45) is 3.26. The van der Waals surface area contributed by atoms with Crippen LogP contribution in [0, 0.1) is 5.82 Å². The van der Waals surface area contributed by atoms with Gasteiger partial charge in [-0.1, -0.05) is 28.1 Å². The van der Waals surface area contributed by atoms with E-state index < -0.39 is 0 Å². The number of halogens is 2. The molecule has 0 amide bonds. The van der Waals surface area contributed by atoms with Gasteiger partial charge in [0.05, 0.1) is 13.5 Å². The molecule has 0 radical (unpaired) electrons. The second-order valence-corrected chi connectivity index (χ2v) is 3.76. The zero-order chi connectivity index (χ0) is 11.3. The second-order valence-electron chi connectivity index (χ2n) is 2.85. The molecule has 0 aromatic heterocycles. The van der Waals surface area contributed by atoms with Crippen molar-refractivity contribution in [3.8, 4) is 0 Å². The van der Waals surface area contributed by atoms with Crippen LogP contribution in [-0.2, 0) is 9.53 Å². The minimum Gasteiger partial charge on any atom is -0.469 e. The Morgan fingerprint density at radius 1 is 1.60 bits per heavy atom. The van der Waals surface area contributed by atoms with Crippen molar-refractivity contribution in [3.63, 3.8) is 0 Å². The van der Waals surface area contributed by atoms with Crippen molar-refractivity contribution in [3.05, 3.63) is 40.1 Å². The first-order chi connectivity index (χ1) is 7.13. The average molecular weight is 273 g/mol. The van der Waals surface area contributed by atoms with E-state index in [1.54, 1.807) is 24.3 Å². The molecule has 0 aliphatic carbocycles. The molecule has 1 aromatic rings. The van der Waals surface area contributed by atoms with E-state index in [1.807, 2.05) is 0 Å². The number of hydrogen-bond donors (Lipinski definition) is 0. The van der Waals surface area contributed by atoms with Crippen LogP contribution in [0.15, 0.2) is 28.7 Å². The Morgan fingerprint density at radius 3 is 3.00 bits per heavy atom. The molecular weight excluding hydrogens is 263 g/mol. The summed E-state index contributed by atoms with van der Waals surface area (Å²) >= 11 is 3.24. The van der Waals surface area contributed by atoms with Gasteiger partial charge in [-0.25, -0.2) is 4.39 Å². The van der Waals surface area contributed by atoms with Crippen molar-refractivity contribution >= 4 is 28.0 Å². The number of esters is 1. The van der Waals surface area contributed by atoms with Crippen LogP contribution >= 0.6 is 15.9 Å². The molecule has 2 nitrogen and oxygen atoms in total. The fourth-order valence-corrected chi connectivity index (χ4v) is 1.39. The second kappa shape index (κ2) is 5.66. The Balaban J connectivity index is 2.71.